The highest BCUT2D eigenvalue weighted by Crippen LogP contribution is 2.07. The lowest BCUT2D eigenvalue weighted by molar-refractivity contribution is -0.137. The van der Waals surface area contributed by atoms with E-state index in [1.54, 1.807) is 12.1 Å². The molecule has 0 aliphatic carbocycles. The maximum atomic E-state index is 11.8. The standard InChI is InChI=1S/C15H19NO4S/c17-13(12-6-2-1-3-7-12)10-21-11-14(18)16-9-5-4-8-15(19)20/h1-3,6-7H,4-5,8-11H2,(H,16,18)(H,19,20). The third kappa shape index (κ3) is 8.14. The fourth-order valence-electron chi connectivity index (χ4n) is 1.62. The molecule has 114 valence electrons. The van der Waals surface area contributed by atoms with Gasteiger partial charge in [-0.3, -0.25) is 14.4 Å². The van der Waals surface area contributed by atoms with Crippen molar-refractivity contribution in [3.63, 3.8) is 0 Å². The van der Waals surface area contributed by atoms with E-state index in [0.717, 1.165) is 0 Å². The average Bonchev–Trinajstić information content (AvgIpc) is 2.47. The average molecular weight is 309 g/mol. The van der Waals surface area contributed by atoms with E-state index in [1.165, 1.54) is 11.8 Å². The van der Waals surface area contributed by atoms with Crippen molar-refractivity contribution in [2.75, 3.05) is 18.1 Å². The van der Waals surface area contributed by atoms with Gasteiger partial charge in [0.25, 0.3) is 0 Å². The molecule has 6 heteroatoms. The molecule has 0 radical (unpaired) electrons. The van der Waals surface area contributed by atoms with E-state index in [1.807, 2.05) is 18.2 Å². The molecule has 0 fully saturated rings. The minimum absolute atomic E-state index is 0.00913. The summed E-state index contributed by atoms with van der Waals surface area (Å²) in [6.45, 7) is 0.472. The fourth-order valence-corrected chi connectivity index (χ4v) is 2.37. The van der Waals surface area contributed by atoms with Crippen LogP contribution >= 0.6 is 11.8 Å². The Bertz CT molecular complexity index is 476. The molecule has 0 bridgehead atoms. The maximum Gasteiger partial charge on any atom is 0.303 e. The minimum Gasteiger partial charge on any atom is -0.481 e. The molecule has 0 saturated heterocycles. The highest BCUT2D eigenvalue weighted by Gasteiger charge is 2.07. The Kier molecular flexibility index (Phi) is 8.19. The predicted octanol–water partition coefficient (Wildman–Crippen LogP) is 1.97. The number of carbonyl (C=O) groups is 3. The molecule has 1 aromatic carbocycles. The van der Waals surface area contributed by atoms with Crippen molar-refractivity contribution in [1.82, 2.24) is 5.32 Å². The second-order valence-corrected chi connectivity index (χ2v) is 5.47. The van der Waals surface area contributed by atoms with Crippen molar-refractivity contribution >= 4 is 29.4 Å². The molecule has 0 aliphatic heterocycles. The first-order chi connectivity index (χ1) is 10.1. The van der Waals surface area contributed by atoms with Gasteiger partial charge in [0, 0.05) is 18.5 Å². The van der Waals surface area contributed by atoms with Crippen molar-refractivity contribution < 1.29 is 19.5 Å². The van der Waals surface area contributed by atoms with Gasteiger partial charge in [0.05, 0.1) is 11.5 Å². The summed E-state index contributed by atoms with van der Waals surface area (Å²) in [4.78, 5) is 33.6. The monoisotopic (exact) mass is 309 g/mol. The maximum absolute atomic E-state index is 11.8. The van der Waals surface area contributed by atoms with Crippen LogP contribution in [0.15, 0.2) is 30.3 Å². The summed E-state index contributed by atoms with van der Waals surface area (Å²) in [6.07, 6.45) is 1.32. The van der Waals surface area contributed by atoms with E-state index >= 15 is 0 Å². The SMILES string of the molecule is O=C(O)CCCCNC(=O)CSCC(=O)c1ccccc1. The van der Waals surface area contributed by atoms with Gasteiger partial charge < -0.3 is 10.4 Å². The van der Waals surface area contributed by atoms with E-state index in [9.17, 15) is 14.4 Å². The topological polar surface area (TPSA) is 83.5 Å². The number of aliphatic carboxylic acids is 1. The van der Waals surface area contributed by atoms with Crippen LogP contribution in [0.5, 0.6) is 0 Å². The quantitative estimate of drug-likeness (QED) is 0.510. The number of carbonyl (C=O) groups excluding carboxylic acids is 2. The zero-order chi connectivity index (χ0) is 15.5. The van der Waals surface area contributed by atoms with Gasteiger partial charge in [0.15, 0.2) is 5.78 Å². The van der Waals surface area contributed by atoms with Crippen LogP contribution in [-0.4, -0.2) is 40.8 Å². The number of rotatable bonds is 10. The molecule has 1 amide bonds. The van der Waals surface area contributed by atoms with E-state index in [0.29, 0.717) is 24.9 Å². The lowest BCUT2D eigenvalue weighted by Crippen LogP contribution is -2.26. The number of unbranched alkanes of at least 4 members (excludes halogenated alkanes) is 1. The Morgan fingerprint density at radius 1 is 1.05 bits per heavy atom. The van der Waals surface area contributed by atoms with Crippen LogP contribution in [0.1, 0.15) is 29.6 Å². The first-order valence-corrected chi connectivity index (χ1v) is 7.89. The number of thioether (sulfide) groups is 1. The van der Waals surface area contributed by atoms with E-state index < -0.39 is 5.97 Å². The van der Waals surface area contributed by atoms with Gasteiger partial charge in [0.1, 0.15) is 0 Å². The van der Waals surface area contributed by atoms with E-state index in [4.69, 9.17) is 5.11 Å². The normalized spacial score (nSPS) is 10.1. The lowest BCUT2D eigenvalue weighted by atomic mass is 10.2. The van der Waals surface area contributed by atoms with Crippen LogP contribution < -0.4 is 5.32 Å². The Hall–Kier alpha value is -1.82. The molecule has 0 unspecified atom stereocenters. The molecular formula is C15H19NO4S. The number of nitrogens with one attached hydrogen (secondary N) is 1. The first-order valence-electron chi connectivity index (χ1n) is 6.74. The van der Waals surface area contributed by atoms with Crippen LogP contribution in [0.3, 0.4) is 0 Å². The molecule has 1 aromatic rings. The van der Waals surface area contributed by atoms with E-state index in [2.05, 4.69) is 5.32 Å². The first kappa shape index (κ1) is 17.2. The molecule has 21 heavy (non-hydrogen) atoms. The third-order valence-electron chi connectivity index (χ3n) is 2.70. The van der Waals surface area contributed by atoms with Gasteiger partial charge in [-0.25, -0.2) is 0 Å². The summed E-state index contributed by atoms with van der Waals surface area (Å²) in [5.41, 5.74) is 0.652. The Morgan fingerprint density at radius 2 is 1.76 bits per heavy atom. The summed E-state index contributed by atoms with van der Waals surface area (Å²) < 4.78 is 0. The zero-order valence-corrected chi connectivity index (χ0v) is 12.5. The van der Waals surface area contributed by atoms with Gasteiger partial charge in [0.2, 0.25) is 5.91 Å². The summed E-state index contributed by atoms with van der Waals surface area (Å²) >= 11 is 1.28. The summed E-state index contributed by atoms with van der Waals surface area (Å²) in [5.74, 6) is -0.434. The van der Waals surface area contributed by atoms with Gasteiger partial charge in [-0.05, 0) is 12.8 Å². The van der Waals surface area contributed by atoms with Crippen LogP contribution in [0, 0.1) is 0 Å². The van der Waals surface area contributed by atoms with Crippen LogP contribution in [0.25, 0.3) is 0 Å². The van der Waals surface area contributed by atoms with Crippen LogP contribution in [0.4, 0.5) is 0 Å². The smallest absolute Gasteiger partial charge is 0.303 e. The Labute approximate surface area is 128 Å². The molecule has 0 atom stereocenters. The molecule has 0 aromatic heterocycles. The minimum atomic E-state index is -0.823. The number of benzene rings is 1. The summed E-state index contributed by atoms with van der Waals surface area (Å²) in [5, 5.41) is 11.2. The van der Waals surface area contributed by atoms with Crippen molar-refractivity contribution in [2.45, 2.75) is 19.3 Å². The number of hydrogen-bond donors (Lipinski definition) is 2. The molecule has 5 nitrogen and oxygen atoms in total. The van der Waals surface area contributed by atoms with Gasteiger partial charge in [-0.15, -0.1) is 11.8 Å². The lowest BCUT2D eigenvalue weighted by Gasteiger charge is -2.04. The number of carboxylic acids is 1. The van der Waals surface area contributed by atoms with Gasteiger partial charge in [-0.2, -0.15) is 0 Å². The number of amides is 1. The largest absolute Gasteiger partial charge is 0.481 e. The molecule has 0 saturated carbocycles. The van der Waals surface area contributed by atoms with Crippen molar-refractivity contribution in [2.24, 2.45) is 0 Å². The second-order valence-electron chi connectivity index (χ2n) is 4.48. The number of ketones is 1. The summed E-state index contributed by atoms with van der Waals surface area (Å²) in [7, 11) is 0. The summed E-state index contributed by atoms with van der Waals surface area (Å²) in [6, 6.07) is 8.97. The third-order valence-corrected chi connectivity index (χ3v) is 3.63. The zero-order valence-electron chi connectivity index (χ0n) is 11.7. The highest BCUT2D eigenvalue weighted by molar-refractivity contribution is 8.00. The number of hydrogen-bond acceptors (Lipinski definition) is 4. The van der Waals surface area contributed by atoms with Crippen LogP contribution in [-0.2, 0) is 9.59 Å². The Morgan fingerprint density at radius 3 is 2.43 bits per heavy atom. The second kappa shape index (κ2) is 9.99. The van der Waals surface area contributed by atoms with Gasteiger partial charge in [-0.1, -0.05) is 30.3 Å². The van der Waals surface area contributed by atoms with Crippen molar-refractivity contribution in [1.29, 1.82) is 0 Å². The molecule has 2 N–H and O–H groups in total. The number of Topliss-reactive ketones (excluding diaryl/α,β-unsaturated/α-hetero) is 1. The van der Waals surface area contributed by atoms with Crippen molar-refractivity contribution in [3.8, 4) is 0 Å². The molecular weight excluding hydrogens is 290 g/mol. The van der Waals surface area contributed by atoms with Crippen LogP contribution in [0.2, 0.25) is 0 Å². The Balaban J connectivity index is 2.08. The molecule has 0 spiro atoms. The predicted molar refractivity (Wildman–Crippen MR) is 82.6 cm³/mol. The fraction of sp³-hybridized carbons (Fsp3) is 0.400. The molecule has 0 heterocycles. The number of carboxylic acid groups (broad SMARTS) is 1. The molecule has 1 rings (SSSR count). The molecule has 0 aliphatic rings. The highest BCUT2D eigenvalue weighted by atomic mass is 32.2. The van der Waals surface area contributed by atoms with Crippen molar-refractivity contribution in [3.05, 3.63) is 35.9 Å². The van der Waals surface area contributed by atoms with Gasteiger partial charge >= 0.3 is 5.97 Å². The van der Waals surface area contributed by atoms with E-state index in [-0.39, 0.29) is 29.6 Å².